The first-order valence-corrected chi connectivity index (χ1v) is 13.9. The van der Waals surface area contributed by atoms with Crippen molar-refractivity contribution in [2.75, 3.05) is 81.9 Å². The molecule has 0 spiro atoms. The summed E-state index contributed by atoms with van der Waals surface area (Å²) in [5, 5.41) is 2.93. The van der Waals surface area contributed by atoms with Crippen molar-refractivity contribution < 1.29 is 42.8 Å². The third-order valence-corrected chi connectivity index (χ3v) is 7.39. The van der Waals surface area contributed by atoms with E-state index in [4.69, 9.17) is 28.4 Å². The standard InChI is InChI=1S/C30H42N4O9/c1-9-32(10-2)30(37)31-17-21-18-33(28(35)19-13-22(38-3)26(42-7)23(14-19)39-4)11-12-34(21)29(36)20-15-24(40-5)27(43-8)25(16-20)41-6/h13-16,21H,9-12,17-18H2,1-8H3,(H,31,37). The zero-order chi connectivity index (χ0) is 31.7. The molecule has 1 N–H and O–H groups in total. The Morgan fingerprint density at radius 1 is 0.721 bits per heavy atom. The fourth-order valence-corrected chi connectivity index (χ4v) is 5.07. The topological polar surface area (TPSA) is 128 Å². The number of carbonyl (C=O) groups excluding carboxylic acids is 3. The van der Waals surface area contributed by atoms with Gasteiger partial charge in [0.1, 0.15) is 0 Å². The van der Waals surface area contributed by atoms with Crippen LogP contribution >= 0.6 is 0 Å². The molecule has 1 atom stereocenters. The second kappa shape index (κ2) is 15.1. The van der Waals surface area contributed by atoms with Gasteiger partial charge in [-0.15, -0.1) is 0 Å². The van der Waals surface area contributed by atoms with Crippen LogP contribution < -0.4 is 33.7 Å². The van der Waals surface area contributed by atoms with Crippen molar-refractivity contribution in [3.8, 4) is 34.5 Å². The van der Waals surface area contributed by atoms with Gasteiger partial charge in [0.15, 0.2) is 23.0 Å². The number of hydrogen-bond donors (Lipinski definition) is 1. The number of urea groups is 1. The lowest BCUT2D eigenvalue weighted by atomic mass is 10.1. The average Bonchev–Trinajstić information content (AvgIpc) is 3.05. The maximum absolute atomic E-state index is 13.9. The van der Waals surface area contributed by atoms with Crippen molar-refractivity contribution in [1.29, 1.82) is 0 Å². The molecule has 0 aromatic heterocycles. The highest BCUT2D eigenvalue weighted by Crippen LogP contribution is 2.40. The number of ether oxygens (including phenoxy) is 6. The highest BCUT2D eigenvalue weighted by Gasteiger charge is 2.35. The van der Waals surface area contributed by atoms with Crippen molar-refractivity contribution in [1.82, 2.24) is 20.0 Å². The fourth-order valence-electron chi connectivity index (χ4n) is 5.07. The van der Waals surface area contributed by atoms with Crippen LogP contribution in [0.1, 0.15) is 34.6 Å². The van der Waals surface area contributed by atoms with E-state index in [1.807, 2.05) is 13.8 Å². The molecule has 1 heterocycles. The summed E-state index contributed by atoms with van der Waals surface area (Å²) < 4.78 is 32.5. The number of benzene rings is 2. The fraction of sp³-hybridized carbons (Fsp3) is 0.500. The molecule has 4 amide bonds. The first-order chi connectivity index (χ1) is 20.7. The van der Waals surface area contributed by atoms with Crippen molar-refractivity contribution in [3.05, 3.63) is 35.4 Å². The molecule has 13 heteroatoms. The summed E-state index contributed by atoms with van der Waals surface area (Å²) in [4.78, 5) is 45.4. The first-order valence-electron chi connectivity index (χ1n) is 13.9. The van der Waals surface area contributed by atoms with Crippen molar-refractivity contribution >= 4 is 17.8 Å². The van der Waals surface area contributed by atoms with E-state index in [9.17, 15) is 14.4 Å². The SMILES string of the molecule is CCN(CC)C(=O)NCC1CN(C(=O)c2cc(OC)c(OC)c(OC)c2)CCN1C(=O)c1cc(OC)c(OC)c(OC)c1. The number of hydrogen-bond acceptors (Lipinski definition) is 9. The predicted molar refractivity (Wildman–Crippen MR) is 159 cm³/mol. The van der Waals surface area contributed by atoms with Gasteiger partial charge in [-0.25, -0.2) is 4.79 Å². The Labute approximate surface area is 252 Å². The lowest BCUT2D eigenvalue weighted by Crippen LogP contribution is -2.60. The molecule has 0 radical (unpaired) electrons. The van der Waals surface area contributed by atoms with Gasteiger partial charge in [-0.1, -0.05) is 0 Å². The Bertz CT molecular complexity index is 1250. The normalized spacial score (nSPS) is 14.5. The van der Waals surface area contributed by atoms with Crippen LogP contribution in [0.3, 0.4) is 0 Å². The molecule has 236 valence electrons. The van der Waals surface area contributed by atoms with Gasteiger partial charge < -0.3 is 48.4 Å². The quantitative estimate of drug-likeness (QED) is 0.390. The molecule has 0 saturated carbocycles. The lowest BCUT2D eigenvalue weighted by Gasteiger charge is -2.42. The summed E-state index contributed by atoms with van der Waals surface area (Å²) in [6.07, 6.45) is 0. The van der Waals surface area contributed by atoms with E-state index in [2.05, 4.69) is 5.32 Å². The molecule has 2 aromatic rings. The molecule has 3 rings (SSSR count). The van der Waals surface area contributed by atoms with Crippen LogP contribution in [0.25, 0.3) is 0 Å². The zero-order valence-corrected chi connectivity index (χ0v) is 26.1. The Morgan fingerprint density at radius 2 is 1.16 bits per heavy atom. The molecule has 1 aliphatic heterocycles. The number of nitrogens with one attached hydrogen (secondary N) is 1. The van der Waals surface area contributed by atoms with Crippen LogP contribution in [-0.4, -0.2) is 121 Å². The van der Waals surface area contributed by atoms with Crippen LogP contribution in [0.4, 0.5) is 4.79 Å². The number of carbonyl (C=O) groups is 3. The maximum atomic E-state index is 13.9. The Morgan fingerprint density at radius 3 is 1.56 bits per heavy atom. The molecule has 1 aliphatic rings. The van der Waals surface area contributed by atoms with Gasteiger partial charge in [0, 0.05) is 50.4 Å². The largest absolute Gasteiger partial charge is 0.493 e. The van der Waals surface area contributed by atoms with E-state index in [1.165, 1.54) is 42.7 Å². The van der Waals surface area contributed by atoms with Crippen molar-refractivity contribution in [2.24, 2.45) is 0 Å². The van der Waals surface area contributed by atoms with Crippen LogP contribution in [0.15, 0.2) is 24.3 Å². The minimum absolute atomic E-state index is 0.129. The van der Waals surface area contributed by atoms with Gasteiger partial charge in [0.05, 0.1) is 48.7 Å². The minimum atomic E-state index is -0.536. The van der Waals surface area contributed by atoms with Gasteiger partial charge in [-0.3, -0.25) is 9.59 Å². The zero-order valence-electron chi connectivity index (χ0n) is 26.1. The lowest BCUT2D eigenvalue weighted by molar-refractivity contribution is 0.0387. The summed E-state index contributed by atoms with van der Waals surface area (Å²) in [5.74, 6) is 1.54. The van der Waals surface area contributed by atoms with Gasteiger partial charge >= 0.3 is 6.03 Å². The number of methoxy groups -OCH3 is 6. The molecule has 43 heavy (non-hydrogen) atoms. The highest BCUT2D eigenvalue weighted by molar-refractivity contribution is 5.97. The van der Waals surface area contributed by atoms with Crippen LogP contribution in [0.2, 0.25) is 0 Å². The molecule has 1 saturated heterocycles. The van der Waals surface area contributed by atoms with E-state index >= 15 is 0 Å². The van der Waals surface area contributed by atoms with Crippen molar-refractivity contribution in [3.63, 3.8) is 0 Å². The summed E-state index contributed by atoms with van der Waals surface area (Å²) in [5.41, 5.74) is 0.656. The Kier molecular flexibility index (Phi) is 11.6. The summed E-state index contributed by atoms with van der Waals surface area (Å²) in [6, 6.07) is 5.57. The average molecular weight is 603 g/mol. The molecular weight excluding hydrogens is 560 g/mol. The predicted octanol–water partition coefficient (Wildman–Crippen LogP) is 2.76. The second-order valence-corrected chi connectivity index (χ2v) is 9.59. The molecule has 1 fully saturated rings. The molecular formula is C30H42N4O9. The van der Waals surface area contributed by atoms with E-state index in [0.29, 0.717) is 58.7 Å². The maximum Gasteiger partial charge on any atom is 0.317 e. The van der Waals surface area contributed by atoms with Gasteiger partial charge in [-0.2, -0.15) is 0 Å². The van der Waals surface area contributed by atoms with Crippen LogP contribution in [-0.2, 0) is 0 Å². The third-order valence-electron chi connectivity index (χ3n) is 7.39. The number of rotatable bonds is 12. The molecule has 1 unspecified atom stereocenters. The van der Waals surface area contributed by atoms with Crippen LogP contribution in [0.5, 0.6) is 34.5 Å². The van der Waals surface area contributed by atoms with E-state index in [1.54, 1.807) is 39.0 Å². The van der Waals surface area contributed by atoms with Crippen LogP contribution in [0, 0.1) is 0 Å². The Hall–Kier alpha value is -4.55. The molecule has 2 aromatic carbocycles. The number of amides is 4. The highest BCUT2D eigenvalue weighted by atomic mass is 16.5. The summed E-state index contributed by atoms with van der Waals surface area (Å²) in [7, 11) is 8.89. The second-order valence-electron chi connectivity index (χ2n) is 9.59. The summed E-state index contributed by atoms with van der Waals surface area (Å²) >= 11 is 0. The monoisotopic (exact) mass is 602 g/mol. The summed E-state index contributed by atoms with van der Waals surface area (Å²) in [6.45, 7) is 5.63. The molecule has 0 aliphatic carbocycles. The first kappa shape index (κ1) is 33.0. The van der Waals surface area contributed by atoms with Gasteiger partial charge in [0.2, 0.25) is 11.5 Å². The van der Waals surface area contributed by atoms with E-state index in [-0.39, 0.29) is 44.0 Å². The van der Waals surface area contributed by atoms with Crippen molar-refractivity contribution in [2.45, 2.75) is 19.9 Å². The molecule has 0 bridgehead atoms. The van der Waals surface area contributed by atoms with Gasteiger partial charge in [0.25, 0.3) is 11.8 Å². The third kappa shape index (κ3) is 7.09. The van der Waals surface area contributed by atoms with E-state index < -0.39 is 6.04 Å². The van der Waals surface area contributed by atoms with E-state index in [0.717, 1.165) is 0 Å². The minimum Gasteiger partial charge on any atom is -0.493 e. The smallest absolute Gasteiger partial charge is 0.317 e. The Balaban J connectivity index is 1.95. The van der Waals surface area contributed by atoms with Gasteiger partial charge in [-0.05, 0) is 38.1 Å². The number of nitrogens with zero attached hydrogens (tertiary/aromatic N) is 3. The molecule has 13 nitrogen and oxygen atoms in total. The number of piperazine rings is 1.